The predicted octanol–water partition coefficient (Wildman–Crippen LogP) is 1.83. The van der Waals surface area contributed by atoms with Crippen molar-refractivity contribution >= 4 is 5.91 Å². The second-order valence-electron chi connectivity index (χ2n) is 5.98. The predicted molar refractivity (Wildman–Crippen MR) is 67.3 cm³/mol. The molecule has 1 atom stereocenters. The first kappa shape index (κ1) is 13.5. The molecule has 1 aliphatic rings. The Kier molecular flexibility index (Phi) is 4.36. The molecule has 1 aliphatic heterocycles. The molecular weight excluding hydrogens is 200 g/mol. The number of carbonyl (C=O) groups is 1. The number of likely N-dealkylation sites (tertiary alicyclic amines) is 1. The van der Waals surface area contributed by atoms with Gasteiger partial charge in [-0.2, -0.15) is 0 Å². The Morgan fingerprint density at radius 1 is 1.44 bits per heavy atom. The van der Waals surface area contributed by atoms with E-state index in [1.165, 1.54) is 13.0 Å². The van der Waals surface area contributed by atoms with Crippen LogP contribution < -0.4 is 0 Å². The van der Waals surface area contributed by atoms with E-state index in [4.69, 9.17) is 0 Å². The van der Waals surface area contributed by atoms with Gasteiger partial charge in [-0.3, -0.25) is 4.79 Å². The number of amides is 1. The van der Waals surface area contributed by atoms with Crippen molar-refractivity contribution in [2.24, 2.45) is 11.3 Å². The van der Waals surface area contributed by atoms with E-state index in [1.54, 1.807) is 0 Å². The molecule has 0 saturated carbocycles. The molecule has 16 heavy (non-hydrogen) atoms. The Morgan fingerprint density at radius 2 is 2.06 bits per heavy atom. The normalized spacial score (nSPS) is 22.4. The van der Waals surface area contributed by atoms with Gasteiger partial charge >= 0.3 is 0 Å². The van der Waals surface area contributed by atoms with Crippen LogP contribution in [0.5, 0.6) is 0 Å². The van der Waals surface area contributed by atoms with Gasteiger partial charge in [-0.05, 0) is 25.4 Å². The highest BCUT2D eigenvalue weighted by Gasteiger charge is 2.28. The summed E-state index contributed by atoms with van der Waals surface area (Å²) in [4.78, 5) is 16.4. The van der Waals surface area contributed by atoms with Crippen LogP contribution >= 0.6 is 0 Å². The van der Waals surface area contributed by atoms with Gasteiger partial charge < -0.3 is 9.80 Å². The zero-order chi connectivity index (χ0) is 12.3. The van der Waals surface area contributed by atoms with Crippen molar-refractivity contribution in [3.05, 3.63) is 0 Å². The minimum atomic E-state index is -0.252. The summed E-state index contributed by atoms with van der Waals surface area (Å²) in [5, 5.41) is 0. The Balaban J connectivity index is 2.41. The average Bonchev–Trinajstić information content (AvgIpc) is 2.63. The van der Waals surface area contributed by atoms with Gasteiger partial charge in [0.25, 0.3) is 0 Å². The van der Waals surface area contributed by atoms with E-state index in [0.29, 0.717) is 5.92 Å². The Bertz CT molecular complexity index is 245. The van der Waals surface area contributed by atoms with Gasteiger partial charge in [0, 0.05) is 25.6 Å². The van der Waals surface area contributed by atoms with Crippen molar-refractivity contribution in [2.75, 3.05) is 33.2 Å². The van der Waals surface area contributed by atoms with Gasteiger partial charge in [0.05, 0.1) is 0 Å². The lowest BCUT2D eigenvalue weighted by Gasteiger charge is -2.28. The molecule has 0 radical (unpaired) electrons. The number of hydrogen-bond acceptors (Lipinski definition) is 2. The zero-order valence-electron chi connectivity index (χ0n) is 11.4. The van der Waals surface area contributed by atoms with E-state index in [9.17, 15) is 4.79 Å². The van der Waals surface area contributed by atoms with Crippen LogP contribution in [0.25, 0.3) is 0 Å². The van der Waals surface area contributed by atoms with E-state index in [1.807, 2.05) is 32.7 Å². The maximum atomic E-state index is 12.0. The van der Waals surface area contributed by atoms with Crippen LogP contribution in [0.15, 0.2) is 0 Å². The summed E-state index contributed by atoms with van der Waals surface area (Å²) in [5.74, 6) is 0.915. The molecule has 1 saturated heterocycles. The third-order valence-electron chi connectivity index (χ3n) is 3.34. The molecule has 0 spiro atoms. The molecule has 1 rings (SSSR count). The molecule has 1 heterocycles. The minimum Gasteiger partial charge on any atom is -0.345 e. The molecule has 0 aromatic rings. The smallest absolute Gasteiger partial charge is 0.227 e. The Hall–Kier alpha value is -0.570. The van der Waals surface area contributed by atoms with Crippen molar-refractivity contribution in [3.8, 4) is 0 Å². The lowest BCUT2D eigenvalue weighted by Crippen LogP contribution is -2.39. The summed E-state index contributed by atoms with van der Waals surface area (Å²) >= 11 is 0. The van der Waals surface area contributed by atoms with Crippen LogP contribution in [-0.4, -0.2) is 48.9 Å². The van der Waals surface area contributed by atoms with E-state index in [-0.39, 0.29) is 11.3 Å². The van der Waals surface area contributed by atoms with Gasteiger partial charge in [-0.25, -0.2) is 0 Å². The van der Waals surface area contributed by atoms with Crippen LogP contribution in [0.3, 0.4) is 0 Å². The summed E-state index contributed by atoms with van der Waals surface area (Å²) in [6, 6.07) is 0. The summed E-state index contributed by atoms with van der Waals surface area (Å²) in [6.45, 7) is 12.5. The first-order valence-corrected chi connectivity index (χ1v) is 6.32. The third-order valence-corrected chi connectivity index (χ3v) is 3.34. The summed E-state index contributed by atoms with van der Waals surface area (Å²) in [6.07, 6.45) is 1.23. The summed E-state index contributed by atoms with van der Waals surface area (Å²) in [5.41, 5.74) is -0.252. The standard InChI is InChI=1S/C13H26N2O/c1-6-15-8-7-11(10-15)9-14(5)12(16)13(2,3)4/h11H,6-10H2,1-5H3. The van der Waals surface area contributed by atoms with E-state index in [2.05, 4.69) is 11.8 Å². The summed E-state index contributed by atoms with van der Waals surface area (Å²) in [7, 11) is 1.93. The third kappa shape index (κ3) is 3.48. The number of carbonyl (C=O) groups excluding carboxylic acids is 1. The Morgan fingerprint density at radius 3 is 2.50 bits per heavy atom. The highest BCUT2D eigenvalue weighted by molar-refractivity contribution is 5.81. The fourth-order valence-corrected chi connectivity index (χ4v) is 2.39. The highest BCUT2D eigenvalue weighted by atomic mass is 16.2. The number of rotatable bonds is 3. The lowest BCUT2D eigenvalue weighted by molar-refractivity contribution is -0.138. The van der Waals surface area contributed by atoms with Crippen LogP contribution in [0.1, 0.15) is 34.1 Å². The molecule has 0 N–H and O–H groups in total. The van der Waals surface area contributed by atoms with Crippen LogP contribution in [0, 0.1) is 11.3 Å². The first-order chi connectivity index (χ1) is 7.34. The van der Waals surface area contributed by atoms with E-state index < -0.39 is 0 Å². The highest BCUT2D eigenvalue weighted by Crippen LogP contribution is 2.20. The fraction of sp³-hybridized carbons (Fsp3) is 0.923. The quantitative estimate of drug-likeness (QED) is 0.733. The molecule has 3 nitrogen and oxygen atoms in total. The molecule has 1 amide bonds. The Labute approximate surface area is 99.8 Å². The van der Waals surface area contributed by atoms with Gasteiger partial charge in [-0.1, -0.05) is 27.7 Å². The van der Waals surface area contributed by atoms with Crippen molar-refractivity contribution in [3.63, 3.8) is 0 Å². The molecule has 94 valence electrons. The molecular formula is C13H26N2O. The van der Waals surface area contributed by atoms with Crippen molar-refractivity contribution in [2.45, 2.75) is 34.1 Å². The lowest BCUT2D eigenvalue weighted by atomic mass is 9.94. The largest absolute Gasteiger partial charge is 0.345 e. The van der Waals surface area contributed by atoms with Crippen LogP contribution in [0.2, 0.25) is 0 Å². The molecule has 3 heteroatoms. The molecule has 0 aromatic heterocycles. The van der Waals surface area contributed by atoms with Crippen molar-refractivity contribution in [1.82, 2.24) is 9.80 Å². The summed E-state index contributed by atoms with van der Waals surface area (Å²) < 4.78 is 0. The van der Waals surface area contributed by atoms with Gasteiger partial charge in [0.1, 0.15) is 0 Å². The van der Waals surface area contributed by atoms with Gasteiger partial charge in [0.2, 0.25) is 5.91 Å². The maximum Gasteiger partial charge on any atom is 0.227 e. The average molecular weight is 226 g/mol. The van der Waals surface area contributed by atoms with Crippen LogP contribution in [-0.2, 0) is 4.79 Å². The van der Waals surface area contributed by atoms with Gasteiger partial charge in [0.15, 0.2) is 0 Å². The molecule has 0 aliphatic carbocycles. The van der Waals surface area contributed by atoms with Crippen molar-refractivity contribution < 1.29 is 4.79 Å². The van der Waals surface area contributed by atoms with Crippen LogP contribution in [0.4, 0.5) is 0 Å². The second kappa shape index (κ2) is 5.17. The topological polar surface area (TPSA) is 23.6 Å². The number of nitrogens with zero attached hydrogens (tertiary/aromatic N) is 2. The number of hydrogen-bond donors (Lipinski definition) is 0. The molecule has 1 fully saturated rings. The maximum absolute atomic E-state index is 12.0. The monoisotopic (exact) mass is 226 g/mol. The first-order valence-electron chi connectivity index (χ1n) is 6.32. The second-order valence-corrected chi connectivity index (χ2v) is 5.98. The minimum absolute atomic E-state index is 0.252. The van der Waals surface area contributed by atoms with E-state index >= 15 is 0 Å². The SMILES string of the molecule is CCN1CCC(CN(C)C(=O)C(C)(C)C)C1. The zero-order valence-corrected chi connectivity index (χ0v) is 11.4. The fourth-order valence-electron chi connectivity index (χ4n) is 2.39. The molecule has 0 bridgehead atoms. The molecule has 0 aromatic carbocycles. The van der Waals surface area contributed by atoms with Crippen molar-refractivity contribution in [1.29, 1.82) is 0 Å². The molecule has 1 unspecified atom stereocenters. The van der Waals surface area contributed by atoms with E-state index in [0.717, 1.165) is 19.6 Å². The van der Waals surface area contributed by atoms with Gasteiger partial charge in [-0.15, -0.1) is 0 Å².